The lowest BCUT2D eigenvalue weighted by atomic mass is 10.1. The lowest BCUT2D eigenvalue weighted by Gasteiger charge is -2.09. The van der Waals surface area contributed by atoms with E-state index in [1.54, 1.807) is 18.5 Å². The highest BCUT2D eigenvalue weighted by Gasteiger charge is 2.30. The van der Waals surface area contributed by atoms with Crippen LogP contribution < -0.4 is 5.32 Å². The lowest BCUT2D eigenvalue weighted by molar-refractivity contribution is -0.137. The van der Waals surface area contributed by atoms with Gasteiger partial charge in [0.05, 0.1) is 23.6 Å². The normalized spacial score (nSPS) is 11.3. The van der Waals surface area contributed by atoms with Crippen molar-refractivity contribution < 1.29 is 13.2 Å². The van der Waals surface area contributed by atoms with Gasteiger partial charge in [0, 0.05) is 6.54 Å². The molecule has 94 valence electrons. The van der Waals surface area contributed by atoms with E-state index in [0.29, 0.717) is 11.3 Å². The first kappa shape index (κ1) is 12.3. The third-order valence-electron chi connectivity index (χ3n) is 2.31. The number of anilines is 1. The van der Waals surface area contributed by atoms with Crippen molar-refractivity contribution in [2.75, 3.05) is 5.32 Å². The quantitative estimate of drug-likeness (QED) is 0.913. The van der Waals surface area contributed by atoms with Gasteiger partial charge in [-0.15, -0.1) is 0 Å². The van der Waals surface area contributed by atoms with Gasteiger partial charge < -0.3 is 5.32 Å². The molecule has 0 spiro atoms. The topological polar surface area (TPSA) is 37.8 Å². The van der Waals surface area contributed by atoms with Gasteiger partial charge in [0.1, 0.15) is 6.33 Å². The number of aromatic nitrogens is 2. The van der Waals surface area contributed by atoms with E-state index < -0.39 is 11.7 Å². The van der Waals surface area contributed by atoms with Gasteiger partial charge in [-0.1, -0.05) is 12.1 Å². The van der Waals surface area contributed by atoms with E-state index in [4.69, 9.17) is 0 Å². The number of halogens is 3. The Balaban J connectivity index is 2.06. The van der Waals surface area contributed by atoms with Crippen LogP contribution in [0.2, 0.25) is 0 Å². The highest BCUT2D eigenvalue weighted by Crippen LogP contribution is 2.29. The maximum Gasteiger partial charge on any atom is 0.416 e. The maximum atomic E-state index is 12.5. The van der Waals surface area contributed by atoms with Crippen molar-refractivity contribution in [1.29, 1.82) is 0 Å². The minimum Gasteiger partial charge on any atom is -0.378 e. The highest BCUT2D eigenvalue weighted by molar-refractivity contribution is 5.38. The second kappa shape index (κ2) is 5.03. The molecular formula is C12H10F3N3. The molecule has 0 radical (unpaired) electrons. The summed E-state index contributed by atoms with van der Waals surface area (Å²) in [6, 6.07) is 5.19. The summed E-state index contributed by atoms with van der Waals surface area (Å²) in [5.41, 5.74) is 0.565. The van der Waals surface area contributed by atoms with Crippen molar-refractivity contribution in [3.63, 3.8) is 0 Å². The van der Waals surface area contributed by atoms with Gasteiger partial charge in [0.15, 0.2) is 0 Å². The zero-order chi connectivity index (χ0) is 13.0. The number of alkyl halides is 3. The van der Waals surface area contributed by atoms with Gasteiger partial charge in [0.25, 0.3) is 0 Å². The standard InChI is InChI=1S/C12H10F3N3/c13-12(14,15)10-3-1-2-9(4-10)5-18-11-6-16-8-17-7-11/h1-4,6-8,18H,5H2. The molecule has 1 heterocycles. The Morgan fingerprint density at radius 2 is 1.83 bits per heavy atom. The van der Waals surface area contributed by atoms with Gasteiger partial charge >= 0.3 is 6.18 Å². The summed E-state index contributed by atoms with van der Waals surface area (Å²) in [7, 11) is 0. The minimum absolute atomic E-state index is 0.289. The fourth-order valence-corrected chi connectivity index (χ4v) is 1.45. The number of hydrogen-bond acceptors (Lipinski definition) is 3. The molecular weight excluding hydrogens is 243 g/mol. The van der Waals surface area contributed by atoms with Crippen LogP contribution >= 0.6 is 0 Å². The second-order valence-electron chi connectivity index (χ2n) is 3.68. The van der Waals surface area contributed by atoms with Gasteiger partial charge in [-0.25, -0.2) is 9.97 Å². The SMILES string of the molecule is FC(F)(F)c1cccc(CNc2cncnc2)c1. The Hall–Kier alpha value is -2.11. The van der Waals surface area contributed by atoms with Crippen molar-refractivity contribution in [2.45, 2.75) is 12.7 Å². The van der Waals surface area contributed by atoms with E-state index in [1.807, 2.05) is 0 Å². The monoisotopic (exact) mass is 253 g/mol. The summed E-state index contributed by atoms with van der Waals surface area (Å²) >= 11 is 0. The first-order valence-electron chi connectivity index (χ1n) is 5.21. The fourth-order valence-electron chi connectivity index (χ4n) is 1.45. The van der Waals surface area contributed by atoms with Crippen LogP contribution in [-0.2, 0) is 12.7 Å². The van der Waals surface area contributed by atoms with Crippen LogP contribution in [0.1, 0.15) is 11.1 Å². The molecule has 0 bridgehead atoms. The maximum absolute atomic E-state index is 12.5. The number of hydrogen-bond donors (Lipinski definition) is 1. The molecule has 0 saturated carbocycles. The van der Waals surface area contributed by atoms with E-state index >= 15 is 0 Å². The van der Waals surface area contributed by atoms with E-state index in [9.17, 15) is 13.2 Å². The summed E-state index contributed by atoms with van der Waals surface area (Å²) in [6.07, 6.45) is 0.183. The zero-order valence-corrected chi connectivity index (χ0v) is 9.28. The Morgan fingerprint density at radius 1 is 1.11 bits per heavy atom. The molecule has 1 aromatic carbocycles. The smallest absolute Gasteiger partial charge is 0.378 e. The average Bonchev–Trinajstić information content (AvgIpc) is 2.37. The molecule has 0 amide bonds. The molecule has 18 heavy (non-hydrogen) atoms. The first-order chi connectivity index (χ1) is 8.55. The largest absolute Gasteiger partial charge is 0.416 e. The molecule has 1 aromatic heterocycles. The lowest BCUT2D eigenvalue weighted by Crippen LogP contribution is -2.07. The average molecular weight is 253 g/mol. The van der Waals surface area contributed by atoms with Crippen LogP contribution in [0, 0.1) is 0 Å². The van der Waals surface area contributed by atoms with Crippen molar-refractivity contribution >= 4 is 5.69 Å². The molecule has 3 nitrogen and oxygen atoms in total. The highest BCUT2D eigenvalue weighted by atomic mass is 19.4. The molecule has 0 saturated heterocycles. The van der Waals surface area contributed by atoms with Crippen molar-refractivity contribution in [1.82, 2.24) is 9.97 Å². The van der Waals surface area contributed by atoms with Crippen LogP contribution in [0.4, 0.5) is 18.9 Å². The molecule has 2 aromatic rings. The van der Waals surface area contributed by atoms with Gasteiger partial charge in [-0.05, 0) is 17.7 Å². The summed E-state index contributed by atoms with van der Waals surface area (Å²) in [5, 5.41) is 2.95. The molecule has 0 fully saturated rings. The molecule has 0 atom stereocenters. The zero-order valence-electron chi connectivity index (χ0n) is 9.28. The summed E-state index contributed by atoms with van der Waals surface area (Å²) in [6.45, 7) is 0.289. The van der Waals surface area contributed by atoms with E-state index in [-0.39, 0.29) is 6.54 Å². The fraction of sp³-hybridized carbons (Fsp3) is 0.167. The molecule has 6 heteroatoms. The van der Waals surface area contributed by atoms with Gasteiger partial charge in [-0.2, -0.15) is 13.2 Å². The van der Waals surface area contributed by atoms with Crippen molar-refractivity contribution in [3.05, 3.63) is 54.1 Å². The molecule has 2 rings (SSSR count). The number of rotatable bonds is 3. The predicted molar refractivity (Wildman–Crippen MR) is 60.8 cm³/mol. The van der Waals surface area contributed by atoms with Crippen LogP contribution in [0.15, 0.2) is 43.0 Å². The van der Waals surface area contributed by atoms with Gasteiger partial charge in [0.2, 0.25) is 0 Å². The van der Waals surface area contributed by atoms with E-state index in [0.717, 1.165) is 12.1 Å². The van der Waals surface area contributed by atoms with Crippen LogP contribution in [0.5, 0.6) is 0 Å². The molecule has 0 unspecified atom stereocenters. The number of nitrogens with zero attached hydrogens (tertiary/aromatic N) is 2. The van der Waals surface area contributed by atoms with Crippen LogP contribution in [0.3, 0.4) is 0 Å². The Kier molecular flexibility index (Phi) is 3.45. The molecule has 0 aliphatic rings. The van der Waals surface area contributed by atoms with Gasteiger partial charge in [-0.3, -0.25) is 0 Å². The van der Waals surface area contributed by atoms with Crippen LogP contribution in [-0.4, -0.2) is 9.97 Å². The third-order valence-corrected chi connectivity index (χ3v) is 2.31. The third kappa shape index (κ3) is 3.19. The second-order valence-corrected chi connectivity index (χ2v) is 3.68. The Bertz CT molecular complexity index is 511. The summed E-state index contributed by atoms with van der Waals surface area (Å²) in [5.74, 6) is 0. The first-order valence-corrected chi connectivity index (χ1v) is 5.21. The molecule has 0 aliphatic heterocycles. The predicted octanol–water partition coefficient (Wildman–Crippen LogP) is 3.11. The number of nitrogens with one attached hydrogen (secondary N) is 1. The summed E-state index contributed by atoms with van der Waals surface area (Å²) < 4.78 is 37.5. The molecule has 1 N–H and O–H groups in total. The van der Waals surface area contributed by atoms with E-state index in [1.165, 1.54) is 12.4 Å². The van der Waals surface area contributed by atoms with Crippen molar-refractivity contribution in [3.8, 4) is 0 Å². The Labute approximate surface area is 102 Å². The molecule has 0 aliphatic carbocycles. The summed E-state index contributed by atoms with van der Waals surface area (Å²) in [4.78, 5) is 7.60. The van der Waals surface area contributed by atoms with E-state index in [2.05, 4.69) is 15.3 Å². The number of benzene rings is 1. The minimum atomic E-state index is -4.31. The van der Waals surface area contributed by atoms with Crippen molar-refractivity contribution in [2.24, 2.45) is 0 Å². The van der Waals surface area contributed by atoms with Crippen LogP contribution in [0.25, 0.3) is 0 Å². The Morgan fingerprint density at radius 3 is 2.50 bits per heavy atom.